The highest BCUT2D eigenvalue weighted by atomic mass is 16.2. The molecule has 0 bridgehead atoms. The van der Waals surface area contributed by atoms with Gasteiger partial charge in [0.15, 0.2) is 0 Å². The number of benzene rings is 1. The highest BCUT2D eigenvalue weighted by Crippen LogP contribution is 2.21. The molecule has 2 aromatic rings. The fraction of sp³-hybridized carbons (Fsp3) is 0.429. The molecule has 1 fully saturated rings. The quantitative estimate of drug-likeness (QED) is 0.666. The molecule has 0 saturated carbocycles. The highest BCUT2D eigenvalue weighted by Gasteiger charge is 2.24. The largest absolute Gasteiger partial charge is 0.357 e. The molecule has 0 aliphatic carbocycles. The van der Waals surface area contributed by atoms with Gasteiger partial charge in [-0.15, -0.1) is 0 Å². The molecule has 8 nitrogen and oxygen atoms in total. The van der Waals surface area contributed by atoms with Crippen LogP contribution >= 0.6 is 0 Å². The minimum absolute atomic E-state index is 0.00648. The normalized spacial score (nSPS) is 16.1. The van der Waals surface area contributed by atoms with Crippen molar-refractivity contribution in [1.29, 1.82) is 0 Å². The molecule has 1 aromatic carbocycles. The van der Waals surface area contributed by atoms with E-state index in [0.29, 0.717) is 31.0 Å². The van der Waals surface area contributed by atoms with Crippen LogP contribution in [0.1, 0.15) is 32.4 Å². The average molecular weight is 396 g/mol. The first-order chi connectivity index (χ1) is 14.0. The van der Waals surface area contributed by atoms with Crippen molar-refractivity contribution in [2.75, 3.05) is 35.2 Å². The summed E-state index contributed by atoms with van der Waals surface area (Å²) in [7, 11) is 0. The first-order valence-corrected chi connectivity index (χ1v) is 10.0. The van der Waals surface area contributed by atoms with Crippen LogP contribution < -0.4 is 20.9 Å². The third-order valence-electron chi connectivity index (χ3n) is 4.97. The van der Waals surface area contributed by atoms with Gasteiger partial charge in [0.1, 0.15) is 5.82 Å². The standard InChI is InChI=1S/C21H28N6O2/c1-4-27(5-2)18-12-14(3)23-21(26-18)25-17-9-7-16(8-10-17)24-20(29)15-6-11-19(28)22-13-15/h7-10,12,15H,4-6,11,13H2,1-3H3,(H,22,28)(H,24,29)(H,23,25,26)/t15-/m0/s1. The van der Waals surface area contributed by atoms with Crippen LogP contribution in [0.5, 0.6) is 0 Å². The van der Waals surface area contributed by atoms with Crippen molar-refractivity contribution in [2.24, 2.45) is 5.92 Å². The van der Waals surface area contributed by atoms with Crippen molar-refractivity contribution in [3.05, 3.63) is 36.0 Å². The Morgan fingerprint density at radius 3 is 2.48 bits per heavy atom. The molecule has 1 aliphatic heterocycles. The number of amides is 2. The van der Waals surface area contributed by atoms with Crippen molar-refractivity contribution in [2.45, 2.75) is 33.6 Å². The van der Waals surface area contributed by atoms with Gasteiger partial charge in [0, 0.05) is 49.2 Å². The Balaban J connectivity index is 1.63. The van der Waals surface area contributed by atoms with Crippen LogP contribution in [0.3, 0.4) is 0 Å². The lowest BCUT2D eigenvalue weighted by Crippen LogP contribution is -2.40. The summed E-state index contributed by atoms with van der Waals surface area (Å²) in [5.41, 5.74) is 2.45. The van der Waals surface area contributed by atoms with E-state index in [4.69, 9.17) is 0 Å². The number of aromatic nitrogens is 2. The third kappa shape index (κ3) is 5.43. The number of carbonyl (C=O) groups excluding carboxylic acids is 2. The van der Waals surface area contributed by atoms with E-state index < -0.39 is 0 Å². The number of nitrogens with one attached hydrogen (secondary N) is 3. The molecule has 3 rings (SSSR count). The highest BCUT2D eigenvalue weighted by molar-refractivity contribution is 5.94. The van der Waals surface area contributed by atoms with Crippen LogP contribution in [0, 0.1) is 12.8 Å². The molecule has 29 heavy (non-hydrogen) atoms. The van der Waals surface area contributed by atoms with Gasteiger partial charge in [0.2, 0.25) is 17.8 Å². The minimum Gasteiger partial charge on any atom is -0.357 e. The van der Waals surface area contributed by atoms with Crippen molar-refractivity contribution in [3.63, 3.8) is 0 Å². The zero-order valence-electron chi connectivity index (χ0n) is 17.2. The second-order valence-electron chi connectivity index (χ2n) is 7.09. The number of rotatable bonds is 7. The molecule has 0 spiro atoms. The van der Waals surface area contributed by atoms with E-state index in [1.54, 1.807) is 0 Å². The number of hydrogen-bond donors (Lipinski definition) is 3. The van der Waals surface area contributed by atoms with Gasteiger partial charge in [0.25, 0.3) is 0 Å². The second-order valence-corrected chi connectivity index (χ2v) is 7.09. The van der Waals surface area contributed by atoms with Crippen molar-refractivity contribution in [1.82, 2.24) is 15.3 Å². The molecule has 1 aromatic heterocycles. The van der Waals surface area contributed by atoms with Gasteiger partial charge in [-0.1, -0.05) is 0 Å². The molecule has 154 valence electrons. The van der Waals surface area contributed by atoms with E-state index in [1.807, 2.05) is 37.3 Å². The minimum atomic E-state index is -0.190. The van der Waals surface area contributed by atoms with Gasteiger partial charge in [0.05, 0.1) is 5.92 Å². The Labute approximate surface area is 171 Å². The molecule has 1 saturated heterocycles. The molecule has 3 N–H and O–H groups in total. The summed E-state index contributed by atoms with van der Waals surface area (Å²) in [6, 6.07) is 9.40. The Bertz CT molecular complexity index is 854. The topological polar surface area (TPSA) is 99.3 Å². The Morgan fingerprint density at radius 1 is 1.17 bits per heavy atom. The van der Waals surface area contributed by atoms with Crippen molar-refractivity contribution in [3.8, 4) is 0 Å². The summed E-state index contributed by atoms with van der Waals surface area (Å²) in [6.45, 7) is 8.30. The van der Waals surface area contributed by atoms with Gasteiger partial charge in [-0.3, -0.25) is 9.59 Å². The van der Waals surface area contributed by atoms with Crippen LogP contribution in [0.4, 0.5) is 23.1 Å². The Hall–Kier alpha value is -3.16. The smallest absolute Gasteiger partial charge is 0.229 e. The third-order valence-corrected chi connectivity index (χ3v) is 4.97. The molecule has 8 heteroatoms. The number of anilines is 4. The lowest BCUT2D eigenvalue weighted by atomic mass is 9.98. The van der Waals surface area contributed by atoms with E-state index in [9.17, 15) is 9.59 Å². The number of aryl methyl sites for hydroxylation is 1. The number of nitrogens with zero attached hydrogens (tertiary/aromatic N) is 3. The summed E-state index contributed by atoms with van der Waals surface area (Å²) in [6.07, 6.45) is 0.976. The predicted molar refractivity (Wildman–Crippen MR) is 114 cm³/mol. The maximum atomic E-state index is 12.3. The fourth-order valence-corrected chi connectivity index (χ4v) is 3.28. The van der Waals surface area contributed by atoms with Gasteiger partial charge in [-0.25, -0.2) is 4.98 Å². The summed E-state index contributed by atoms with van der Waals surface area (Å²) in [5, 5.41) is 8.87. The lowest BCUT2D eigenvalue weighted by Gasteiger charge is -2.21. The molecule has 2 amide bonds. The monoisotopic (exact) mass is 396 g/mol. The molecule has 2 heterocycles. The van der Waals surface area contributed by atoms with Gasteiger partial charge in [-0.05, 0) is 51.5 Å². The van der Waals surface area contributed by atoms with E-state index in [2.05, 4.69) is 44.7 Å². The average Bonchev–Trinajstić information content (AvgIpc) is 2.70. The maximum absolute atomic E-state index is 12.3. The lowest BCUT2D eigenvalue weighted by molar-refractivity contribution is -0.126. The number of piperidine rings is 1. The van der Waals surface area contributed by atoms with E-state index in [-0.39, 0.29) is 17.7 Å². The van der Waals surface area contributed by atoms with E-state index in [1.165, 1.54) is 0 Å². The van der Waals surface area contributed by atoms with Crippen molar-refractivity contribution < 1.29 is 9.59 Å². The first-order valence-electron chi connectivity index (χ1n) is 10.0. The predicted octanol–water partition coefficient (Wildman–Crippen LogP) is 2.84. The molecule has 0 radical (unpaired) electrons. The van der Waals surface area contributed by atoms with E-state index in [0.717, 1.165) is 30.3 Å². The summed E-state index contributed by atoms with van der Waals surface area (Å²) < 4.78 is 0. The summed E-state index contributed by atoms with van der Waals surface area (Å²) in [5.74, 6) is 1.18. The second kappa shape index (κ2) is 9.36. The van der Waals surface area contributed by atoms with Crippen LogP contribution in [-0.4, -0.2) is 41.4 Å². The molecular formula is C21H28N6O2. The van der Waals surface area contributed by atoms with Gasteiger partial charge < -0.3 is 20.9 Å². The van der Waals surface area contributed by atoms with E-state index >= 15 is 0 Å². The molecule has 1 atom stereocenters. The SMILES string of the molecule is CCN(CC)c1cc(C)nc(Nc2ccc(NC(=O)[C@H]3CCC(=O)NC3)cc2)n1. The van der Waals surface area contributed by atoms with Gasteiger partial charge >= 0.3 is 0 Å². The molecule has 0 unspecified atom stereocenters. The maximum Gasteiger partial charge on any atom is 0.229 e. The van der Waals surface area contributed by atoms with Gasteiger partial charge in [-0.2, -0.15) is 4.98 Å². The van der Waals surface area contributed by atoms with Crippen LogP contribution in [0.15, 0.2) is 30.3 Å². The summed E-state index contributed by atoms with van der Waals surface area (Å²) in [4.78, 5) is 34.8. The fourth-order valence-electron chi connectivity index (χ4n) is 3.28. The molecule has 1 aliphatic rings. The number of carbonyl (C=O) groups is 2. The number of hydrogen-bond acceptors (Lipinski definition) is 6. The Kier molecular flexibility index (Phi) is 6.64. The zero-order chi connectivity index (χ0) is 20.8. The van der Waals surface area contributed by atoms with Crippen molar-refractivity contribution >= 4 is 35.0 Å². The zero-order valence-corrected chi connectivity index (χ0v) is 17.2. The first kappa shape index (κ1) is 20.6. The summed E-state index contributed by atoms with van der Waals surface area (Å²) >= 11 is 0. The van der Waals surface area contributed by atoms with Crippen LogP contribution in [0.25, 0.3) is 0 Å². The Morgan fingerprint density at radius 2 is 1.86 bits per heavy atom. The van der Waals surface area contributed by atoms with Crippen LogP contribution in [-0.2, 0) is 9.59 Å². The molecular weight excluding hydrogens is 368 g/mol. The van der Waals surface area contributed by atoms with Crippen LogP contribution in [0.2, 0.25) is 0 Å².